The Kier molecular flexibility index (Phi) is 7.15. The Hall–Kier alpha value is -3.74. The fourth-order valence-electron chi connectivity index (χ4n) is 4.63. The van der Waals surface area contributed by atoms with Crippen molar-refractivity contribution in [2.75, 3.05) is 12.5 Å². The van der Waals surface area contributed by atoms with Crippen LogP contribution >= 0.6 is 0 Å². The molecule has 1 heterocycles. The smallest absolute Gasteiger partial charge is 0.305 e. The second kappa shape index (κ2) is 10.3. The molecule has 0 fully saturated rings. The third kappa shape index (κ3) is 5.50. The number of hydrogen-bond donors (Lipinski definition) is 2. The number of ether oxygens (including phenoxy) is 1. The minimum Gasteiger partial charge on any atom is -0.511 e. The van der Waals surface area contributed by atoms with Crippen molar-refractivity contribution in [3.8, 4) is 0 Å². The highest BCUT2D eigenvalue weighted by molar-refractivity contribution is 6.23. The van der Waals surface area contributed by atoms with E-state index in [1.165, 1.54) is 7.11 Å². The van der Waals surface area contributed by atoms with Crippen molar-refractivity contribution in [2.24, 2.45) is 10.5 Å². The number of carbonyl (C=O) groups excluding carboxylic acids is 2. The van der Waals surface area contributed by atoms with Gasteiger partial charge in [-0.25, -0.2) is 4.98 Å². The molecule has 0 radical (unpaired) electrons. The maximum absolute atomic E-state index is 13.0. The van der Waals surface area contributed by atoms with Crippen LogP contribution in [0.2, 0.25) is 0 Å². The molecule has 1 aliphatic carbocycles. The van der Waals surface area contributed by atoms with Crippen LogP contribution in [-0.2, 0) is 14.3 Å². The normalized spacial score (nSPS) is 16.1. The van der Waals surface area contributed by atoms with Gasteiger partial charge in [0.2, 0.25) is 0 Å². The number of nitrogens with one attached hydrogen (secondary N) is 1. The molecule has 0 aliphatic heterocycles. The summed E-state index contributed by atoms with van der Waals surface area (Å²) in [6.07, 6.45) is 2.68. The highest BCUT2D eigenvalue weighted by Crippen LogP contribution is 2.37. The zero-order chi connectivity index (χ0) is 25.0. The van der Waals surface area contributed by atoms with Gasteiger partial charge in [-0.3, -0.25) is 15.0 Å². The van der Waals surface area contributed by atoms with Gasteiger partial charge >= 0.3 is 5.97 Å². The number of aliphatic hydroxyl groups excluding tert-OH is 1. The fourth-order valence-corrected chi connectivity index (χ4v) is 4.63. The van der Waals surface area contributed by atoms with Crippen LogP contribution in [0.15, 0.2) is 65.0 Å². The van der Waals surface area contributed by atoms with Gasteiger partial charge in [-0.15, -0.1) is 0 Å². The molecule has 2 N–H and O–H groups in total. The molecule has 7 heteroatoms. The summed E-state index contributed by atoms with van der Waals surface area (Å²) >= 11 is 0. The molecular weight excluding hydrogens is 442 g/mol. The van der Waals surface area contributed by atoms with Crippen molar-refractivity contribution in [1.29, 1.82) is 0 Å². The van der Waals surface area contributed by atoms with E-state index in [2.05, 4.69) is 10.5 Å². The predicted molar refractivity (Wildman–Crippen MR) is 138 cm³/mol. The van der Waals surface area contributed by atoms with Crippen molar-refractivity contribution in [3.63, 3.8) is 0 Å². The molecule has 182 valence electrons. The topological polar surface area (TPSA) is 101 Å². The molecule has 0 unspecified atom stereocenters. The van der Waals surface area contributed by atoms with Crippen LogP contribution in [0.5, 0.6) is 0 Å². The Morgan fingerprint density at radius 1 is 1.03 bits per heavy atom. The number of methoxy groups -OCH3 is 1. The molecule has 0 spiro atoms. The second-order valence-electron chi connectivity index (χ2n) is 9.74. The minimum atomic E-state index is -0.301. The first kappa shape index (κ1) is 24.4. The summed E-state index contributed by atoms with van der Waals surface area (Å²) in [5.74, 6) is 0.251. The monoisotopic (exact) mass is 473 g/mol. The number of para-hydroxylation sites is 1. The number of rotatable bonds is 8. The second-order valence-corrected chi connectivity index (χ2v) is 9.74. The largest absolute Gasteiger partial charge is 0.511 e. The molecule has 1 aliphatic rings. The Labute approximate surface area is 204 Å². The van der Waals surface area contributed by atoms with Gasteiger partial charge in [-0.1, -0.05) is 56.3 Å². The zero-order valence-corrected chi connectivity index (χ0v) is 20.4. The van der Waals surface area contributed by atoms with Crippen LogP contribution in [0, 0.1) is 5.41 Å². The molecule has 2 aromatic carbocycles. The first-order chi connectivity index (χ1) is 16.8. The van der Waals surface area contributed by atoms with Crippen molar-refractivity contribution in [2.45, 2.75) is 52.4 Å². The lowest BCUT2D eigenvalue weighted by Crippen LogP contribution is -2.29. The lowest BCUT2D eigenvalue weighted by Gasteiger charge is -2.30. The number of Topliss-reactive ketones (excluding diaryl/α,β-unsaturated/α-hetero) is 1. The summed E-state index contributed by atoms with van der Waals surface area (Å²) < 4.78 is 4.72. The highest BCUT2D eigenvalue weighted by Gasteiger charge is 2.35. The molecule has 0 saturated carbocycles. The molecular formula is C28H31N3O4. The van der Waals surface area contributed by atoms with E-state index in [0.717, 1.165) is 21.7 Å². The lowest BCUT2D eigenvalue weighted by molar-refractivity contribution is -0.140. The molecule has 4 rings (SSSR count). The van der Waals surface area contributed by atoms with E-state index in [1.54, 1.807) is 0 Å². The number of ketones is 1. The number of anilines is 1. The predicted octanol–water partition coefficient (Wildman–Crippen LogP) is 6.09. The number of hydrogen-bond acceptors (Lipinski definition) is 7. The summed E-state index contributed by atoms with van der Waals surface area (Å²) in [5.41, 5.74) is 4.38. The van der Waals surface area contributed by atoms with E-state index < -0.39 is 0 Å². The number of hydrazone groups is 1. The SMILES string of the molecule is COC(=O)CCCC/C(=N/Nc1nc2ccccc2c2ccccc12)C1=C(O)CC(C)(C)CC1=O. The summed E-state index contributed by atoms with van der Waals surface area (Å²) in [7, 11) is 1.37. The Balaban J connectivity index is 1.70. The van der Waals surface area contributed by atoms with Crippen LogP contribution < -0.4 is 5.43 Å². The number of esters is 1. The van der Waals surface area contributed by atoms with Gasteiger partial charge < -0.3 is 9.84 Å². The third-order valence-electron chi connectivity index (χ3n) is 6.32. The van der Waals surface area contributed by atoms with Gasteiger partial charge in [0, 0.05) is 30.0 Å². The quantitative estimate of drug-likeness (QED) is 0.135. The molecule has 0 bridgehead atoms. The zero-order valence-electron chi connectivity index (χ0n) is 20.4. The summed E-state index contributed by atoms with van der Waals surface area (Å²) in [4.78, 5) is 29.3. The first-order valence-electron chi connectivity index (χ1n) is 11.9. The number of allylic oxidation sites excluding steroid dienone is 2. The van der Waals surface area contributed by atoms with E-state index in [-0.39, 0.29) is 28.5 Å². The van der Waals surface area contributed by atoms with Gasteiger partial charge in [-0.2, -0.15) is 5.10 Å². The molecule has 35 heavy (non-hydrogen) atoms. The highest BCUT2D eigenvalue weighted by atomic mass is 16.5. The Morgan fingerprint density at radius 2 is 1.69 bits per heavy atom. The van der Waals surface area contributed by atoms with Gasteiger partial charge in [0.05, 0.1) is 23.9 Å². The Bertz CT molecular complexity index is 1340. The van der Waals surface area contributed by atoms with E-state index in [1.807, 2.05) is 62.4 Å². The molecule has 1 aromatic heterocycles. The van der Waals surface area contributed by atoms with E-state index >= 15 is 0 Å². The number of benzene rings is 2. The summed E-state index contributed by atoms with van der Waals surface area (Å²) in [6.45, 7) is 3.93. The van der Waals surface area contributed by atoms with E-state index in [4.69, 9.17) is 9.72 Å². The van der Waals surface area contributed by atoms with Crippen molar-refractivity contribution in [1.82, 2.24) is 4.98 Å². The number of aromatic nitrogens is 1. The number of nitrogens with zero attached hydrogens (tertiary/aromatic N) is 2. The van der Waals surface area contributed by atoms with Gasteiger partial charge in [0.1, 0.15) is 5.76 Å². The van der Waals surface area contributed by atoms with Crippen LogP contribution in [0.1, 0.15) is 52.4 Å². The average Bonchev–Trinajstić information content (AvgIpc) is 2.83. The van der Waals surface area contributed by atoms with Crippen LogP contribution in [0.3, 0.4) is 0 Å². The van der Waals surface area contributed by atoms with Crippen molar-refractivity contribution >= 4 is 45.0 Å². The average molecular weight is 474 g/mol. The van der Waals surface area contributed by atoms with Gasteiger partial charge in [-0.05, 0) is 36.1 Å². The van der Waals surface area contributed by atoms with Crippen molar-refractivity contribution < 1.29 is 19.4 Å². The number of fused-ring (bicyclic) bond motifs is 3. The molecule has 0 amide bonds. The molecule has 0 saturated heterocycles. The Morgan fingerprint density at radius 3 is 2.40 bits per heavy atom. The summed E-state index contributed by atoms with van der Waals surface area (Å²) in [6, 6.07) is 15.9. The number of aliphatic hydroxyl groups is 1. The van der Waals surface area contributed by atoms with Crippen molar-refractivity contribution in [3.05, 3.63) is 59.9 Å². The number of carbonyl (C=O) groups is 2. The lowest BCUT2D eigenvalue weighted by atomic mass is 9.75. The summed E-state index contributed by atoms with van der Waals surface area (Å²) in [5, 5.41) is 18.4. The maximum atomic E-state index is 13.0. The van der Waals surface area contributed by atoms with E-state index in [0.29, 0.717) is 50.1 Å². The minimum absolute atomic E-state index is 0.0658. The molecule has 3 aromatic rings. The number of pyridine rings is 1. The number of unbranched alkanes of at least 4 members (excludes halogenated alkanes) is 1. The van der Waals surface area contributed by atoms with Crippen LogP contribution in [-0.4, -0.2) is 34.7 Å². The molecule has 7 nitrogen and oxygen atoms in total. The molecule has 0 atom stereocenters. The van der Waals surface area contributed by atoms with Crippen LogP contribution in [0.4, 0.5) is 5.82 Å². The third-order valence-corrected chi connectivity index (χ3v) is 6.32. The first-order valence-corrected chi connectivity index (χ1v) is 11.9. The van der Waals surface area contributed by atoms with Gasteiger partial charge in [0.25, 0.3) is 0 Å². The maximum Gasteiger partial charge on any atom is 0.305 e. The van der Waals surface area contributed by atoms with E-state index in [9.17, 15) is 14.7 Å². The van der Waals surface area contributed by atoms with Gasteiger partial charge in [0.15, 0.2) is 11.6 Å². The fraction of sp³-hybridized carbons (Fsp3) is 0.357. The standard InChI is InChI=1S/C28H31N3O4/c1-28(2)16-23(32)26(24(33)17-28)22(14-8-9-15-25(34)35-3)30-31-27-20-12-5-4-10-18(20)19-11-6-7-13-21(19)29-27/h4-7,10-13,32H,8-9,14-17H2,1-3H3,(H,29,31)/b30-22-. The van der Waals surface area contributed by atoms with Crippen LogP contribution in [0.25, 0.3) is 21.7 Å².